The van der Waals surface area contributed by atoms with Crippen LogP contribution in [0.3, 0.4) is 0 Å². The van der Waals surface area contributed by atoms with E-state index in [0.717, 1.165) is 11.6 Å². The number of benzene rings is 2. The lowest BCUT2D eigenvalue weighted by molar-refractivity contribution is -0.138. The average molecular weight is 349 g/mol. The van der Waals surface area contributed by atoms with Crippen molar-refractivity contribution in [3.63, 3.8) is 0 Å². The predicted molar refractivity (Wildman–Crippen MR) is 87.1 cm³/mol. The van der Waals surface area contributed by atoms with Gasteiger partial charge in [-0.2, -0.15) is 13.2 Å². The zero-order valence-electron chi connectivity index (χ0n) is 13.6. The van der Waals surface area contributed by atoms with E-state index in [9.17, 15) is 18.0 Å². The van der Waals surface area contributed by atoms with Gasteiger partial charge in [0.2, 0.25) is 5.91 Å². The molecule has 1 amide bonds. The fraction of sp³-hybridized carbons (Fsp3) is 0.316. The summed E-state index contributed by atoms with van der Waals surface area (Å²) >= 11 is 0. The third-order valence-electron chi connectivity index (χ3n) is 4.44. The molecule has 25 heavy (non-hydrogen) atoms. The predicted octanol–water partition coefficient (Wildman–Crippen LogP) is 4.13. The molecule has 0 radical (unpaired) electrons. The molecule has 2 atom stereocenters. The minimum Gasteiger partial charge on any atom is -0.496 e. The zero-order chi connectivity index (χ0) is 18.0. The van der Waals surface area contributed by atoms with E-state index < -0.39 is 17.7 Å². The highest BCUT2D eigenvalue weighted by Gasteiger charge is 2.47. The molecule has 0 spiro atoms. The van der Waals surface area contributed by atoms with Crippen LogP contribution in [0.15, 0.2) is 48.5 Å². The summed E-state index contributed by atoms with van der Waals surface area (Å²) in [6.07, 6.45) is -3.97. The van der Waals surface area contributed by atoms with Gasteiger partial charge in [-0.1, -0.05) is 36.4 Å². The Morgan fingerprint density at radius 1 is 1.16 bits per heavy atom. The molecule has 1 aliphatic rings. The highest BCUT2D eigenvalue weighted by atomic mass is 19.4. The van der Waals surface area contributed by atoms with E-state index >= 15 is 0 Å². The van der Waals surface area contributed by atoms with Gasteiger partial charge in [0.05, 0.1) is 12.7 Å². The highest BCUT2D eigenvalue weighted by Crippen LogP contribution is 2.51. The van der Waals surface area contributed by atoms with Gasteiger partial charge in [-0.25, -0.2) is 0 Å². The summed E-state index contributed by atoms with van der Waals surface area (Å²) in [6.45, 7) is 0.285. The second kappa shape index (κ2) is 6.78. The molecule has 1 saturated carbocycles. The van der Waals surface area contributed by atoms with Gasteiger partial charge in [-0.15, -0.1) is 0 Å². The number of rotatable bonds is 5. The third-order valence-corrected chi connectivity index (χ3v) is 4.44. The van der Waals surface area contributed by atoms with Gasteiger partial charge in [0.25, 0.3) is 0 Å². The quantitative estimate of drug-likeness (QED) is 0.881. The van der Waals surface area contributed by atoms with Crippen molar-refractivity contribution in [2.45, 2.75) is 25.1 Å². The van der Waals surface area contributed by atoms with E-state index in [4.69, 9.17) is 4.74 Å². The van der Waals surface area contributed by atoms with Crippen molar-refractivity contribution in [3.8, 4) is 5.75 Å². The molecule has 6 heteroatoms. The number of amides is 1. The van der Waals surface area contributed by atoms with Crippen LogP contribution in [0.2, 0.25) is 0 Å². The number of ether oxygens (including phenoxy) is 1. The zero-order valence-corrected chi connectivity index (χ0v) is 13.6. The van der Waals surface area contributed by atoms with E-state index in [1.165, 1.54) is 12.1 Å². The van der Waals surface area contributed by atoms with E-state index in [2.05, 4.69) is 5.32 Å². The number of alkyl halides is 3. The van der Waals surface area contributed by atoms with E-state index in [-0.39, 0.29) is 23.9 Å². The van der Waals surface area contributed by atoms with Crippen LogP contribution in [0.25, 0.3) is 0 Å². The van der Waals surface area contributed by atoms with Crippen LogP contribution in [0.1, 0.15) is 29.0 Å². The summed E-state index contributed by atoms with van der Waals surface area (Å²) in [4.78, 5) is 12.3. The molecule has 2 unspecified atom stereocenters. The molecular weight excluding hydrogens is 331 g/mol. The summed E-state index contributed by atoms with van der Waals surface area (Å²) in [5.74, 6) is -0.362. The van der Waals surface area contributed by atoms with Gasteiger partial charge in [0.1, 0.15) is 5.75 Å². The molecule has 2 aromatic rings. The van der Waals surface area contributed by atoms with Crippen LogP contribution in [0, 0.1) is 5.92 Å². The molecule has 1 fully saturated rings. The molecule has 3 rings (SSSR count). The molecular formula is C19H18F3NO2. The lowest BCUT2D eigenvalue weighted by Gasteiger charge is -2.13. The molecule has 1 aliphatic carbocycles. The van der Waals surface area contributed by atoms with E-state index in [1.54, 1.807) is 19.2 Å². The van der Waals surface area contributed by atoms with Gasteiger partial charge >= 0.3 is 6.18 Å². The fourth-order valence-corrected chi connectivity index (χ4v) is 3.07. The van der Waals surface area contributed by atoms with Crippen molar-refractivity contribution in [3.05, 3.63) is 65.2 Å². The van der Waals surface area contributed by atoms with Crippen molar-refractivity contribution >= 4 is 5.91 Å². The Hall–Kier alpha value is -2.50. The molecule has 0 bridgehead atoms. The third kappa shape index (κ3) is 3.78. The molecule has 0 heterocycles. The molecule has 0 saturated heterocycles. The number of methoxy groups -OCH3 is 1. The molecule has 132 valence electrons. The van der Waals surface area contributed by atoms with Crippen molar-refractivity contribution in [1.82, 2.24) is 5.32 Å². The number of nitrogens with one attached hydrogen (secondary N) is 1. The number of halogens is 3. The lowest BCUT2D eigenvalue weighted by atomic mass is 10.0. The lowest BCUT2D eigenvalue weighted by Crippen LogP contribution is -2.25. The Morgan fingerprint density at radius 2 is 1.84 bits per heavy atom. The van der Waals surface area contributed by atoms with Gasteiger partial charge in [-0.3, -0.25) is 4.79 Å². The Bertz CT molecular complexity index is 773. The number of carbonyl (C=O) groups is 1. The topological polar surface area (TPSA) is 38.3 Å². The number of hydrogen-bond acceptors (Lipinski definition) is 2. The Kier molecular flexibility index (Phi) is 4.70. The van der Waals surface area contributed by atoms with Crippen LogP contribution in [0.4, 0.5) is 13.2 Å². The first kappa shape index (κ1) is 17.3. The van der Waals surface area contributed by atoms with Crippen molar-refractivity contribution in [2.24, 2.45) is 5.92 Å². The second-order valence-corrected chi connectivity index (χ2v) is 6.06. The van der Waals surface area contributed by atoms with Gasteiger partial charge in [0.15, 0.2) is 0 Å². The van der Waals surface area contributed by atoms with Crippen molar-refractivity contribution < 1.29 is 22.7 Å². The number of hydrogen-bond donors (Lipinski definition) is 1. The molecule has 2 aromatic carbocycles. The van der Waals surface area contributed by atoms with Crippen LogP contribution in [-0.4, -0.2) is 13.0 Å². The SMILES string of the molecule is COc1ccccc1CNC(=O)C1CC1c1ccccc1C(F)(F)F. The first-order chi connectivity index (χ1) is 11.9. The smallest absolute Gasteiger partial charge is 0.416 e. The Balaban J connectivity index is 1.65. The first-order valence-corrected chi connectivity index (χ1v) is 7.97. The molecule has 3 nitrogen and oxygen atoms in total. The summed E-state index contributed by atoms with van der Waals surface area (Å²) in [6, 6.07) is 12.8. The highest BCUT2D eigenvalue weighted by molar-refractivity contribution is 5.83. The van der Waals surface area contributed by atoms with E-state index in [0.29, 0.717) is 12.2 Å². The Morgan fingerprint density at radius 3 is 2.56 bits per heavy atom. The van der Waals surface area contributed by atoms with Crippen LogP contribution >= 0.6 is 0 Å². The minimum absolute atomic E-state index is 0.201. The fourth-order valence-electron chi connectivity index (χ4n) is 3.07. The average Bonchev–Trinajstić information content (AvgIpc) is 3.40. The molecule has 1 N–H and O–H groups in total. The summed E-state index contributed by atoms with van der Waals surface area (Å²) in [5.41, 5.74) is 0.374. The summed E-state index contributed by atoms with van der Waals surface area (Å²) < 4.78 is 44.5. The standard InChI is InChI=1S/C19H18F3NO2/c1-25-17-9-5-2-6-12(17)11-23-18(24)15-10-14(15)13-7-3-4-8-16(13)19(20,21)22/h2-9,14-15H,10-11H2,1H3,(H,23,24). The maximum atomic E-state index is 13.1. The first-order valence-electron chi connectivity index (χ1n) is 7.97. The largest absolute Gasteiger partial charge is 0.496 e. The van der Waals surface area contributed by atoms with Gasteiger partial charge in [0, 0.05) is 18.0 Å². The Labute approximate surface area is 143 Å². The number of carbonyl (C=O) groups excluding carboxylic acids is 1. The second-order valence-electron chi connectivity index (χ2n) is 6.06. The maximum Gasteiger partial charge on any atom is 0.416 e. The summed E-state index contributed by atoms with van der Waals surface area (Å²) in [5, 5.41) is 2.79. The maximum absolute atomic E-state index is 13.1. The van der Waals surface area contributed by atoms with Gasteiger partial charge < -0.3 is 10.1 Å². The number of para-hydroxylation sites is 1. The molecule has 0 aromatic heterocycles. The molecule has 0 aliphatic heterocycles. The van der Waals surface area contributed by atoms with Crippen LogP contribution < -0.4 is 10.1 Å². The minimum atomic E-state index is -4.41. The summed E-state index contributed by atoms with van der Waals surface area (Å²) in [7, 11) is 1.55. The van der Waals surface area contributed by atoms with E-state index in [1.807, 2.05) is 18.2 Å². The monoisotopic (exact) mass is 349 g/mol. The van der Waals surface area contributed by atoms with Crippen molar-refractivity contribution in [1.29, 1.82) is 0 Å². The van der Waals surface area contributed by atoms with Crippen LogP contribution in [-0.2, 0) is 17.5 Å². The van der Waals surface area contributed by atoms with Crippen LogP contribution in [0.5, 0.6) is 5.75 Å². The van der Waals surface area contributed by atoms with Crippen molar-refractivity contribution in [2.75, 3.05) is 7.11 Å². The van der Waals surface area contributed by atoms with Gasteiger partial charge in [-0.05, 0) is 30.0 Å². The normalized spacial score (nSPS) is 19.4.